The maximum atomic E-state index is 5.94. The molecule has 21 heavy (non-hydrogen) atoms. The van der Waals surface area contributed by atoms with Gasteiger partial charge in [0.2, 0.25) is 0 Å². The zero-order valence-electron chi connectivity index (χ0n) is 11.4. The van der Waals surface area contributed by atoms with Crippen LogP contribution in [0.1, 0.15) is 0 Å². The fraction of sp³-hybridized carbons (Fsp3) is 0. The van der Waals surface area contributed by atoms with Crippen LogP contribution in [0.2, 0.25) is 0 Å². The van der Waals surface area contributed by atoms with Crippen LogP contribution in [0, 0.1) is 0 Å². The summed E-state index contributed by atoms with van der Waals surface area (Å²) in [5, 5.41) is 0. The molecular weight excluding hydrogens is 261 g/mol. The molecule has 4 heteroatoms. The van der Waals surface area contributed by atoms with Gasteiger partial charge >= 0.3 is 7.12 Å². The largest absolute Gasteiger partial charge is 0.634 e. The van der Waals surface area contributed by atoms with E-state index in [2.05, 4.69) is 4.98 Å². The van der Waals surface area contributed by atoms with E-state index in [4.69, 9.17) is 9.31 Å². The van der Waals surface area contributed by atoms with E-state index in [9.17, 15) is 0 Å². The highest BCUT2D eigenvalue weighted by atomic mass is 16.6. The second-order valence-electron chi connectivity index (χ2n) is 4.48. The predicted octanol–water partition coefficient (Wildman–Crippen LogP) is 2.93. The summed E-state index contributed by atoms with van der Waals surface area (Å²) in [6.45, 7) is 0. The fourth-order valence-electron chi connectivity index (χ4n) is 1.92. The highest BCUT2D eigenvalue weighted by molar-refractivity contribution is 6.62. The Kier molecular flexibility index (Phi) is 4.17. The Bertz CT molecular complexity index is 621. The van der Waals surface area contributed by atoms with Crippen LogP contribution in [0.25, 0.3) is 0 Å². The molecule has 0 aliphatic rings. The second kappa shape index (κ2) is 6.61. The minimum atomic E-state index is -0.538. The fourth-order valence-corrected chi connectivity index (χ4v) is 1.92. The third-order valence-electron chi connectivity index (χ3n) is 2.93. The number of pyridine rings is 1. The SMILES string of the molecule is c1ccc(OB(Oc2ccccc2)c2cccnc2)cc1. The average Bonchev–Trinajstić information content (AvgIpc) is 2.57. The van der Waals surface area contributed by atoms with Crippen molar-refractivity contribution >= 4 is 12.6 Å². The van der Waals surface area contributed by atoms with Crippen LogP contribution in [-0.4, -0.2) is 12.1 Å². The van der Waals surface area contributed by atoms with Crippen LogP contribution < -0.4 is 14.8 Å². The summed E-state index contributed by atoms with van der Waals surface area (Å²) in [7, 11) is -0.538. The molecule has 0 saturated carbocycles. The number of hydrogen-bond acceptors (Lipinski definition) is 3. The molecular formula is C17H14BNO2. The first-order chi connectivity index (χ1) is 10.4. The topological polar surface area (TPSA) is 31.4 Å². The summed E-state index contributed by atoms with van der Waals surface area (Å²) >= 11 is 0. The number of nitrogens with zero attached hydrogens (tertiary/aromatic N) is 1. The number of para-hydroxylation sites is 2. The lowest BCUT2D eigenvalue weighted by molar-refractivity contribution is 0.439. The molecule has 1 aromatic heterocycles. The Morgan fingerprint density at radius 3 is 1.71 bits per heavy atom. The molecule has 3 aromatic rings. The highest BCUT2D eigenvalue weighted by Gasteiger charge is 2.26. The van der Waals surface area contributed by atoms with Crippen molar-refractivity contribution in [2.24, 2.45) is 0 Å². The monoisotopic (exact) mass is 275 g/mol. The first-order valence-corrected chi connectivity index (χ1v) is 6.75. The Hall–Kier alpha value is -2.75. The number of rotatable bonds is 5. The van der Waals surface area contributed by atoms with E-state index in [-0.39, 0.29) is 0 Å². The maximum Gasteiger partial charge on any atom is 0.634 e. The van der Waals surface area contributed by atoms with E-state index in [1.54, 1.807) is 12.4 Å². The van der Waals surface area contributed by atoms with Crippen molar-refractivity contribution in [2.75, 3.05) is 0 Å². The zero-order valence-corrected chi connectivity index (χ0v) is 11.4. The Balaban J connectivity index is 1.84. The van der Waals surface area contributed by atoms with Crippen molar-refractivity contribution in [3.8, 4) is 11.5 Å². The number of benzene rings is 2. The summed E-state index contributed by atoms with van der Waals surface area (Å²) in [5.41, 5.74) is 0.866. The molecule has 0 unspecified atom stereocenters. The lowest BCUT2D eigenvalue weighted by Gasteiger charge is -2.16. The first-order valence-electron chi connectivity index (χ1n) is 6.75. The van der Waals surface area contributed by atoms with Crippen LogP contribution in [0.5, 0.6) is 11.5 Å². The van der Waals surface area contributed by atoms with Gasteiger partial charge in [-0.2, -0.15) is 0 Å². The third-order valence-corrected chi connectivity index (χ3v) is 2.93. The molecule has 0 bridgehead atoms. The van der Waals surface area contributed by atoms with Gasteiger partial charge in [0.25, 0.3) is 0 Å². The molecule has 0 fully saturated rings. The van der Waals surface area contributed by atoms with E-state index in [1.165, 1.54) is 0 Å². The molecule has 1 heterocycles. The van der Waals surface area contributed by atoms with Crippen molar-refractivity contribution in [3.05, 3.63) is 85.2 Å². The molecule has 0 N–H and O–H groups in total. The highest BCUT2D eigenvalue weighted by Crippen LogP contribution is 2.14. The van der Waals surface area contributed by atoms with Gasteiger partial charge in [0.15, 0.2) is 0 Å². The summed E-state index contributed by atoms with van der Waals surface area (Å²) < 4.78 is 11.9. The van der Waals surface area contributed by atoms with Gasteiger partial charge in [0.1, 0.15) is 11.5 Å². The van der Waals surface area contributed by atoms with Crippen molar-refractivity contribution in [1.82, 2.24) is 4.98 Å². The van der Waals surface area contributed by atoms with Gasteiger partial charge in [-0.1, -0.05) is 42.5 Å². The molecule has 3 rings (SSSR count). The molecule has 102 valence electrons. The Morgan fingerprint density at radius 1 is 0.667 bits per heavy atom. The first kappa shape index (κ1) is 13.2. The summed E-state index contributed by atoms with van der Waals surface area (Å²) in [6.07, 6.45) is 3.47. The van der Waals surface area contributed by atoms with Crippen LogP contribution in [0.3, 0.4) is 0 Å². The van der Waals surface area contributed by atoms with Crippen molar-refractivity contribution in [2.45, 2.75) is 0 Å². The quantitative estimate of drug-likeness (QED) is 0.671. The second-order valence-corrected chi connectivity index (χ2v) is 4.48. The molecule has 0 aliphatic carbocycles. The van der Waals surface area contributed by atoms with Crippen molar-refractivity contribution in [1.29, 1.82) is 0 Å². The third kappa shape index (κ3) is 3.63. The van der Waals surface area contributed by atoms with E-state index >= 15 is 0 Å². The van der Waals surface area contributed by atoms with Crippen LogP contribution in [0.4, 0.5) is 0 Å². The van der Waals surface area contributed by atoms with E-state index in [1.807, 2.05) is 72.8 Å². The molecule has 3 nitrogen and oxygen atoms in total. The van der Waals surface area contributed by atoms with Crippen LogP contribution in [0.15, 0.2) is 85.2 Å². The minimum Gasteiger partial charge on any atom is -0.522 e. The predicted molar refractivity (Wildman–Crippen MR) is 83.8 cm³/mol. The summed E-state index contributed by atoms with van der Waals surface area (Å²) in [4.78, 5) is 4.13. The normalized spacial score (nSPS) is 9.90. The van der Waals surface area contributed by atoms with Gasteiger partial charge in [-0.25, -0.2) is 0 Å². The van der Waals surface area contributed by atoms with E-state index < -0.39 is 7.12 Å². The molecule has 2 aromatic carbocycles. The van der Waals surface area contributed by atoms with Crippen molar-refractivity contribution < 1.29 is 9.31 Å². The Morgan fingerprint density at radius 2 is 1.24 bits per heavy atom. The van der Waals surface area contributed by atoms with E-state index in [0.717, 1.165) is 17.0 Å². The standard InChI is InChI=1S/C17H14BNO2/c1-3-9-16(10-4-1)20-18(15-8-7-13-19-14-15)21-17-11-5-2-6-12-17/h1-14H. The lowest BCUT2D eigenvalue weighted by atomic mass is 9.79. The molecule has 0 amide bonds. The van der Waals surface area contributed by atoms with Gasteiger partial charge < -0.3 is 9.31 Å². The van der Waals surface area contributed by atoms with Gasteiger partial charge in [-0.3, -0.25) is 4.98 Å². The average molecular weight is 275 g/mol. The lowest BCUT2D eigenvalue weighted by Crippen LogP contribution is -2.42. The van der Waals surface area contributed by atoms with Crippen LogP contribution >= 0.6 is 0 Å². The number of hydrogen-bond donors (Lipinski definition) is 0. The molecule has 0 radical (unpaired) electrons. The molecule has 0 atom stereocenters. The van der Waals surface area contributed by atoms with Gasteiger partial charge in [-0.05, 0) is 30.3 Å². The summed E-state index contributed by atoms with van der Waals surface area (Å²) in [6, 6.07) is 23.0. The minimum absolute atomic E-state index is 0.538. The van der Waals surface area contributed by atoms with E-state index in [0.29, 0.717) is 0 Å². The Labute approximate surface area is 124 Å². The van der Waals surface area contributed by atoms with Crippen LogP contribution in [-0.2, 0) is 0 Å². The van der Waals surface area contributed by atoms with Gasteiger partial charge in [-0.15, -0.1) is 0 Å². The zero-order chi connectivity index (χ0) is 14.3. The summed E-state index contributed by atoms with van der Waals surface area (Å²) in [5.74, 6) is 1.50. The molecule has 0 spiro atoms. The van der Waals surface area contributed by atoms with Gasteiger partial charge in [0.05, 0.1) is 0 Å². The smallest absolute Gasteiger partial charge is 0.522 e. The molecule has 0 saturated heterocycles. The maximum absolute atomic E-state index is 5.94. The van der Waals surface area contributed by atoms with Crippen molar-refractivity contribution in [3.63, 3.8) is 0 Å². The molecule has 0 aliphatic heterocycles. The number of aromatic nitrogens is 1. The van der Waals surface area contributed by atoms with Gasteiger partial charge in [0, 0.05) is 17.9 Å².